The molecule has 7 nitrogen and oxygen atoms in total. The molecule has 0 aliphatic rings. The van der Waals surface area contributed by atoms with E-state index < -0.39 is 0 Å². The van der Waals surface area contributed by atoms with Gasteiger partial charge in [-0.3, -0.25) is 10.1 Å². The molecule has 0 amide bonds. The molecule has 0 spiro atoms. The summed E-state index contributed by atoms with van der Waals surface area (Å²) in [6, 6.07) is 10.2. The lowest BCUT2D eigenvalue weighted by molar-refractivity contribution is 0.509. The molecule has 0 aromatic carbocycles. The lowest BCUT2D eigenvalue weighted by Gasteiger charge is -2.23. The third kappa shape index (κ3) is 5.97. The van der Waals surface area contributed by atoms with E-state index in [-0.39, 0.29) is 5.41 Å². The summed E-state index contributed by atoms with van der Waals surface area (Å²) in [7, 11) is 0. The molecule has 5 aromatic rings. The molecule has 5 aromatic heterocycles. The van der Waals surface area contributed by atoms with E-state index in [9.17, 15) is 0 Å². The minimum absolute atomic E-state index is 0.0675. The summed E-state index contributed by atoms with van der Waals surface area (Å²) < 4.78 is 0. The van der Waals surface area contributed by atoms with Gasteiger partial charge in [-0.15, -0.1) is 11.3 Å². The Labute approximate surface area is 240 Å². The van der Waals surface area contributed by atoms with Crippen LogP contribution in [0, 0.1) is 19.3 Å². The predicted octanol–water partition coefficient (Wildman–Crippen LogP) is 8.70. The summed E-state index contributed by atoms with van der Waals surface area (Å²) >= 11 is 1.73. The van der Waals surface area contributed by atoms with Crippen LogP contribution in [0.2, 0.25) is 0 Å². The number of aromatic nitrogens is 6. The summed E-state index contributed by atoms with van der Waals surface area (Å²) in [6.07, 6.45) is 7.39. The molecule has 40 heavy (non-hydrogen) atoms. The van der Waals surface area contributed by atoms with Gasteiger partial charge in [-0.2, -0.15) is 5.10 Å². The Morgan fingerprint density at radius 3 is 2.50 bits per heavy atom. The van der Waals surface area contributed by atoms with Crippen molar-refractivity contribution in [3.8, 4) is 22.8 Å². The quantitative estimate of drug-likeness (QED) is 0.176. The van der Waals surface area contributed by atoms with Gasteiger partial charge in [-0.05, 0) is 44.2 Å². The summed E-state index contributed by atoms with van der Waals surface area (Å²) in [6.45, 7) is 22.6. The molecule has 8 heteroatoms. The second kappa shape index (κ2) is 11.8. The highest BCUT2D eigenvalue weighted by molar-refractivity contribution is 7.13. The topological polar surface area (TPSA) is 95.2 Å². The van der Waals surface area contributed by atoms with Gasteiger partial charge in [0.1, 0.15) is 5.52 Å². The highest BCUT2D eigenvalue weighted by Crippen LogP contribution is 2.33. The Morgan fingerprint density at radius 2 is 1.82 bits per heavy atom. The highest BCUT2D eigenvalue weighted by atomic mass is 32.1. The number of nitrogens with zero attached hydrogens (tertiary/aromatic N) is 4. The van der Waals surface area contributed by atoms with Crippen LogP contribution in [0.25, 0.3) is 39.4 Å². The number of fused-ring (bicyclic) bond motifs is 1. The average molecular weight is 552 g/mol. The van der Waals surface area contributed by atoms with Crippen LogP contribution in [0.4, 0.5) is 5.69 Å². The number of anilines is 1. The van der Waals surface area contributed by atoms with Crippen LogP contribution in [0.3, 0.4) is 0 Å². The molecule has 0 aliphatic carbocycles. The molecule has 206 valence electrons. The number of hydrogen-bond acceptors (Lipinski definition) is 6. The van der Waals surface area contributed by atoms with E-state index in [0.717, 1.165) is 55.5 Å². The number of aromatic amines is 2. The molecule has 0 radical (unpaired) electrons. The van der Waals surface area contributed by atoms with E-state index in [1.807, 2.05) is 51.2 Å². The Kier molecular flexibility index (Phi) is 8.49. The smallest absolute Gasteiger partial charge is 0.161 e. The van der Waals surface area contributed by atoms with Crippen molar-refractivity contribution in [3.05, 3.63) is 94.9 Å². The number of allylic oxidation sites excluding steroid dienone is 3. The SMILES string of the molecule is C=C/C=C(/c1ccc(C)s1)c1nc(-c2n[nH]c3ccc(-c4cncc(NC(=C)C(C)(C)C)c4)nc23)[nH]c1C.CC. The summed E-state index contributed by atoms with van der Waals surface area (Å²) in [5.74, 6) is 0.659. The zero-order valence-electron chi connectivity index (χ0n) is 24.3. The van der Waals surface area contributed by atoms with Crippen LogP contribution >= 0.6 is 11.3 Å². The number of thiophene rings is 1. The summed E-state index contributed by atoms with van der Waals surface area (Å²) in [5, 5.41) is 11.0. The third-order valence-electron chi connectivity index (χ3n) is 6.30. The van der Waals surface area contributed by atoms with E-state index in [4.69, 9.17) is 9.97 Å². The largest absolute Gasteiger partial charge is 0.358 e. The van der Waals surface area contributed by atoms with Crippen LogP contribution < -0.4 is 5.32 Å². The van der Waals surface area contributed by atoms with Crippen LogP contribution in [0.15, 0.2) is 73.7 Å². The van der Waals surface area contributed by atoms with E-state index in [1.165, 1.54) is 4.88 Å². The number of pyridine rings is 2. The Morgan fingerprint density at radius 1 is 1.05 bits per heavy atom. The lowest BCUT2D eigenvalue weighted by Crippen LogP contribution is -2.15. The van der Waals surface area contributed by atoms with Crippen molar-refractivity contribution >= 4 is 33.6 Å². The van der Waals surface area contributed by atoms with Gasteiger partial charge in [-0.1, -0.05) is 59.9 Å². The van der Waals surface area contributed by atoms with Crippen LogP contribution in [0.1, 0.15) is 55.8 Å². The van der Waals surface area contributed by atoms with Gasteiger partial charge in [-0.25, -0.2) is 9.97 Å². The van der Waals surface area contributed by atoms with Crippen LogP contribution in [-0.2, 0) is 0 Å². The first-order valence-electron chi connectivity index (χ1n) is 13.4. The van der Waals surface area contributed by atoms with Crippen molar-refractivity contribution in [1.82, 2.24) is 30.1 Å². The maximum absolute atomic E-state index is 4.96. The van der Waals surface area contributed by atoms with E-state index in [1.54, 1.807) is 23.6 Å². The normalized spacial score (nSPS) is 11.7. The fourth-order valence-electron chi connectivity index (χ4n) is 4.04. The summed E-state index contributed by atoms with van der Waals surface area (Å²) in [5.41, 5.74) is 8.50. The zero-order valence-corrected chi connectivity index (χ0v) is 25.1. The molecule has 0 saturated heterocycles. The number of hydrogen-bond donors (Lipinski definition) is 3. The second-order valence-electron chi connectivity index (χ2n) is 10.3. The number of H-pyrrole nitrogens is 2. The van der Waals surface area contributed by atoms with Crippen molar-refractivity contribution in [2.24, 2.45) is 5.41 Å². The molecule has 0 atom stereocenters. The van der Waals surface area contributed by atoms with Crippen molar-refractivity contribution < 1.29 is 0 Å². The van der Waals surface area contributed by atoms with Gasteiger partial charge in [0, 0.05) is 43.9 Å². The van der Waals surface area contributed by atoms with Crippen molar-refractivity contribution in [2.75, 3.05) is 5.32 Å². The zero-order chi connectivity index (χ0) is 29.0. The van der Waals surface area contributed by atoms with E-state index in [2.05, 4.69) is 78.5 Å². The molecule has 0 fully saturated rings. The number of aryl methyl sites for hydroxylation is 2. The Balaban J connectivity index is 0.00000181. The Bertz CT molecular complexity index is 1690. The van der Waals surface area contributed by atoms with Gasteiger partial charge in [0.2, 0.25) is 0 Å². The molecule has 0 unspecified atom stereocenters. The minimum atomic E-state index is -0.0675. The number of imidazole rings is 1. The summed E-state index contributed by atoms with van der Waals surface area (Å²) in [4.78, 5) is 20.2. The molecule has 3 N–H and O–H groups in total. The Hall–Kier alpha value is -4.30. The standard InChI is InChI=1S/C30H31N7S.C2H6/c1-8-9-22(25-13-10-17(2)38-25)26-18(3)32-29(35-26)28-27-24(36-37-28)12-11-23(34-27)20-14-21(16-31-15-20)33-19(4)30(5,6)7;1-2/h8-16,33H,1,4H2,2-3,5-7H3,(H,32,35)(H,36,37);1-2H3/b22-9-;. The van der Waals surface area contributed by atoms with Crippen molar-refractivity contribution in [3.63, 3.8) is 0 Å². The lowest BCUT2D eigenvalue weighted by atomic mass is 9.93. The number of nitrogens with one attached hydrogen (secondary N) is 3. The fraction of sp³-hybridized carbons (Fsp3) is 0.250. The highest BCUT2D eigenvalue weighted by Gasteiger charge is 2.20. The first kappa shape index (κ1) is 28.7. The first-order valence-corrected chi connectivity index (χ1v) is 14.2. The molecule has 5 heterocycles. The average Bonchev–Trinajstić information content (AvgIpc) is 3.66. The molecule has 0 aliphatic heterocycles. The van der Waals surface area contributed by atoms with Crippen LogP contribution in [-0.4, -0.2) is 30.1 Å². The van der Waals surface area contributed by atoms with Gasteiger partial charge < -0.3 is 10.3 Å². The number of rotatable bonds is 7. The predicted molar refractivity (Wildman–Crippen MR) is 169 cm³/mol. The van der Waals surface area contributed by atoms with Gasteiger partial charge in [0.25, 0.3) is 0 Å². The van der Waals surface area contributed by atoms with Crippen molar-refractivity contribution in [1.29, 1.82) is 0 Å². The molecule has 0 saturated carbocycles. The third-order valence-corrected chi connectivity index (χ3v) is 7.33. The molecular weight excluding hydrogens is 514 g/mol. The maximum Gasteiger partial charge on any atom is 0.161 e. The fourth-order valence-corrected chi connectivity index (χ4v) is 4.94. The second-order valence-corrected chi connectivity index (χ2v) is 11.6. The van der Waals surface area contributed by atoms with Gasteiger partial charge in [0.05, 0.1) is 28.8 Å². The molecule has 5 rings (SSSR count). The monoisotopic (exact) mass is 551 g/mol. The molecule has 0 bridgehead atoms. The van der Waals surface area contributed by atoms with E-state index >= 15 is 0 Å². The first-order chi connectivity index (χ1) is 19.1. The van der Waals surface area contributed by atoms with Crippen molar-refractivity contribution in [2.45, 2.75) is 48.5 Å². The molecular formula is C32H37N7S. The van der Waals surface area contributed by atoms with E-state index in [0.29, 0.717) is 11.5 Å². The van der Waals surface area contributed by atoms with Crippen LogP contribution in [0.5, 0.6) is 0 Å². The maximum atomic E-state index is 4.96. The minimum Gasteiger partial charge on any atom is -0.358 e. The van der Waals surface area contributed by atoms with Gasteiger partial charge in [0.15, 0.2) is 11.5 Å². The van der Waals surface area contributed by atoms with Gasteiger partial charge >= 0.3 is 0 Å².